The smallest absolute Gasteiger partial charge is 0.309 e. The molecular formula is C22H33N3O6S. The van der Waals surface area contributed by atoms with Gasteiger partial charge in [0.1, 0.15) is 12.0 Å². The van der Waals surface area contributed by atoms with Crippen molar-refractivity contribution in [3.8, 4) is 5.75 Å². The van der Waals surface area contributed by atoms with Gasteiger partial charge in [-0.25, -0.2) is 8.42 Å². The van der Waals surface area contributed by atoms with Crippen molar-refractivity contribution in [3.05, 3.63) is 23.8 Å². The number of benzene rings is 1. The summed E-state index contributed by atoms with van der Waals surface area (Å²) in [6.45, 7) is 2.31. The summed E-state index contributed by atoms with van der Waals surface area (Å²) in [5.74, 6) is -0.865. The molecule has 1 saturated carbocycles. The van der Waals surface area contributed by atoms with Gasteiger partial charge in [0.2, 0.25) is 10.0 Å². The molecule has 3 rings (SSSR count). The van der Waals surface area contributed by atoms with Crippen LogP contribution in [0, 0.1) is 6.92 Å². The van der Waals surface area contributed by atoms with Crippen LogP contribution in [0.25, 0.3) is 0 Å². The van der Waals surface area contributed by atoms with Crippen LogP contribution in [0.5, 0.6) is 5.75 Å². The Labute approximate surface area is 189 Å². The highest BCUT2D eigenvalue weighted by Gasteiger charge is 2.35. The quantitative estimate of drug-likeness (QED) is 0.486. The minimum atomic E-state index is -3.85. The summed E-state index contributed by atoms with van der Waals surface area (Å²) in [7, 11) is -2.33. The molecule has 1 aromatic rings. The van der Waals surface area contributed by atoms with Crippen LogP contribution in [0.3, 0.4) is 0 Å². The Morgan fingerprint density at radius 3 is 2.50 bits per heavy atom. The molecule has 2 aliphatic rings. The normalized spacial score (nSPS) is 20.9. The maximum Gasteiger partial charge on any atom is 0.309 e. The van der Waals surface area contributed by atoms with Crippen molar-refractivity contribution in [1.29, 1.82) is 0 Å². The number of amides is 2. The summed E-state index contributed by atoms with van der Waals surface area (Å²) in [5.41, 5.74) is 0.700. The van der Waals surface area contributed by atoms with Crippen molar-refractivity contribution in [2.45, 2.75) is 69.0 Å². The standard InChI is InChI=1S/C22H33N3O6S/c1-16-14-18(10-11-19(16)30-2)32(28,29)25-12-7-13-31-20(25)15-23-21(26)22(27)24-17-8-5-3-4-6-9-17/h10-11,14,17,20H,3-9,12-13,15H2,1-2H3,(H,23,26)(H,24,27). The van der Waals surface area contributed by atoms with E-state index < -0.39 is 28.1 Å². The molecule has 1 heterocycles. The lowest BCUT2D eigenvalue weighted by Gasteiger charge is -2.34. The van der Waals surface area contributed by atoms with Gasteiger partial charge in [-0.15, -0.1) is 0 Å². The molecule has 1 aliphatic heterocycles. The van der Waals surface area contributed by atoms with Gasteiger partial charge in [-0.2, -0.15) is 4.31 Å². The first-order chi connectivity index (χ1) is 15.3. The number of nitrogens with zero attached hydrogens (tertiary/aromatic N) is 1. The lowest BCUT2D eigenvalue weighted by Crippen LogP contribution is -2.53. The number of aryl methyl sites for hydroxylation is 1. The zero-order valence-electron chi connectivity index (χ0n) is 18.8. The molecule has 10 heteroatoms. The van der Waals surface area contributed by atoms with E-state index >= 15 is 0 Å². The van der Waals surface area contributed by atoms with E-state index in [-0.39, 0.29) is 24.0 Å². The molecule has 1 unspecified atom stereocenters. The minimum absolute atomic E-state index is 0.0110. The second-order valence-corrected chi connectivity index (χ2v) is 10.2. The number of carbonyl (C=O) groups excluding carboxylic acids is 2. The van der Waals surface area contributed by atoms with Crippen LogP contribution in [0.15, 0.2) is 23.1 Å². The number of ether oxygens (including phenoxy) is 2. The van der Waals surface area contributed by atoms with Gasteiger partial charge in [-0.05, 0) is 49.9 Å². The third-order valence-corrected chi connectivity index (χ3v) is 7.85. The Morgan fingerprint density at radius 1 is 1.12 bits per heavy atom. The van der Waals surface area contributed by atoms with Gasteiger partial charge in [0.25, 0.3) is 0 Å². The fourth-order valence-electron chi connectivity index (χ4n) is 4.18. The number of carbonyl (C=O) groups is 2. The first-order valence-electron chi connectivity index (χ1n) is 11.2. The molecule has 2 fully saturated rings. The fourth-order valence-corrected chi connectivity index (χ4v) is 5.84. The number of hydrogen-bond donors (Lipinski definition) is 2. The predicted molar refractivity (Wildman–Crippen MR) is 119 cm³/mol. The van der Waals surface area contributed by atoms with E-state index in [0.29, 0.717) is 24.3 Å². The number of rotatable bonds is 6. The second-order valence-electron chi connectivity index (χ2n) is 8.30. The molecule has 0 bridgehead atoms. The van der Waals surface area contributed by atoms with Gasteiger partial charge in [-0.3, -0.25) is 9.59 Å². The average molecular weight is 468 g/mol. The van der Waals surface area contributed by atoms with E-state index in [2.05, 4.69) is 10.6 Å². The summed E-state index contributed by atoms with van der Waals surface area (Å²) in [4.78, 5) is 24.7. The molecule has 2 amide bonds. The molecule has 32 heavy (non-hydrogen) atoms. The van der Waals surface area contributed by atoms with Gasteiger partial charge >= 0.3 is 11.8 Å². The van der Waals surface area contributed by atoms with Crippen LogP contribution in [-0.2, 0) is 24.3 Å². The average Bonchev–Trinajstić information content (AvgIpc) is 3.06. The Kier molecular flexibility index (Phi) is 8.50. The number of sulfonamides is 1. The molecule has 178 valence electrons. The highest BCUT2D eigenvalue weighted by atomic mass is 32.2. The van der Waals surface area contributed by atoms with Gasteiger partial charge in [0.05, 0.1) is 25.2 Å². The molecule has 0 spiro atoms. The van der Waals surface area contributed by atoms with E-state index in [0.717, 1.165) is 38.5 Å². The van der Waals surface area contributed by atoms with Crippen molar-refractivity contribution >= 4 is 21.8 Å². The van der Waals surface area contributed by atoms with Gasteiger partial charge in [0, 0.05) is 12.6 Å². The summed E-state index contributed by atoms with van der Waals surface area (Å²) in [6, 6.07) is 4.67. The van der Waals surface area contributed by atoms with Crippen LogP contribution >= 0.6 is 0 Å². The highest BCUT2D eigenvalue weighted by molar-refractivity contribution is 7.89. The van der Waals surface area contributed by atoms with Crippen molar-refractivity contribution in [2.75, 3.05) is 26.8 Å². The van der Waals surface area contributed by atoms with Gasteiger partial charge < -0.3 is 20.1 Å². The largest absolute Gasteiger partial charge is 0.496 e. The van der Waals surface area contributed by atoms with Crippen LogP contribution in [0.1, 0.15) is 50.5 Å². The predicted octanol–water partition coefficient (Wildman–Crippen LogP) is 1.70. The van der Waals surface area contributed by atoms with Crippen molar-refractivity contribution in [3.63, 3.8) is 0 Å². The molecular weight excluding hydrogens is 434 g/mol. The van der Waals surface area contributed by atoms with Crippen LogP contribution < -0.4 is 15.4 Å². The first-order valence-corrected chi connectivity index (χ1v) is 12.6. The lowest BCUT2D eigenvalue weighted by atomic mass is 10.1. The first kappa shape index (κ1) is 24.5. The van der Waals surface area contributed by atoms with Gasteiger partial charge in [0.15, 0.2) is 0 Å². The molecule has 1 saturated heterocycles. The minimum Gasteiger partial charge on any atom is -0.496 e. The summed E-state index contributed by atoms with van der Waals surface area (Å²) >= 11 is 0. The molecule has 0 radical (unpaired) electrons. The van der Waals surface area contributed by atoms with E-state index in [9.17, 15) is 18.0 Å². The van der Waals surface area contributed by atoms with E-state index in [4.69, 9.17) is 9.47 Å². The van der Waals surface area contributed by atoms with E-state index in [1.54, 1.807) is 19.1 Å². The van der Waals surface area contributed by atoms with Crippen LogP contribution in [-0.4, -0.2) is 63.6 Å². The van der Waals surface area contributed by atoms with E-state index in [1.165, 1.54) is 17.5 Å². The molecule has 2 N–H and O–H groups in total. The lowest BCUT2D eigenvalue weighted by molar-refractivity contribution is -0.140. The Bertz CT molecular complexity index is 912. The third kappa shape index (κ3) is 5.99. The molecule has 1 aromatic carbocycles. The number of hydrogen-bond acceptors (Lipinski definition) is 6. The van der Waals surface area contributed by atoms with Crippen molar-refractivity contribution in [2.24, 2.45) is 0 Å². The summed E-state index contributed by atoms with van der Waals surface area (Å²) in [6.07, 6.45) is 5.79. The van der Waals surface area contributed by atoms with Crippen molar-refractivity contribution in [1.82, 2.24) is 14.9 Å². The summed E-state index contributed by atoms with van der Waals surface area (Å²) < 4.78 is 38.6. The maximum absolute atomic E-state index is 13.2. The number of nitrogens with one attached hydrogen (secondary N) is 2. The Balaban J connectivity index is 1.62. The van der Waals surface area contributed by atoms with Gasteiger partial charge in [-0.1, -0.05) is 25.7 Å². The van der Waals surface area contributed by atoms with E-state index in [1.807, 2.05) is 0 Å². The molecule has 9 nitrogen and oxygen atoms in total. The maximum atomic E-state index is 13.2. The number of methoxy groups -OCH3 is 1. The monoisotopic (exact) mass is 467 g/mol. The topological polar surface area (TPSA) is 114 Å². The van der Waals surface area contributed by atoms with Crippen molar-refractivity contribution < 1.29 is 27.5 Å². The zero-order valence-corrected chi connectivity index (χ0v) is 19.6. The Morgan fingerprint density at radius 2 is 1.84 bits per heavy atom. The summed E-state index contributed by atoms with van der Waals surface area (Å²) in [5, 5.41) is 5.33. The Hall–Kier alpha value is -2.17. The molecule has 1 atom stereocenters. The van der Waals surface area contributed by atoms with Crippen LogP contribution in [0.2, 0.25) is 0 Å². The zero-order chi connectivity index (χ0) is 23.1. The second kappa shape index (κ2) is 11.1. The molecule has 0 aromatic heterocycles. The van der Waals surface area contributed by atoms with Crippen LogP contribution in [0.4, 0.5) is 0 Å². The highest BCUT2D eigenvalue weighted by Crippen LogP contribution is 2.26. The third-order valence-electron chi connectivity index (χ3n) is 5.96. The SMILES string of the molecule is COc1ccc(S(=O)(=O)N2CCCOC2CNC(=O)C(=O)NC2CCCCCC2)cc1C. The molecule has 1 aliphatic carbocycles. The fraction of sp³-hybridized carbons (Fsp3) is 0.636.